The molecule has 74 heavy (non-hydrogen) atoms. The highest BCUT2D eigenvalue weighted by molar-refractivity contribution is 5.76. The normalized spacial score (nSPS) is 13.0. The van der Waals surface area contributed by atoms with E-state index in [1.807, 2.05) is 6.08 Å². The van der Waals surface area contributed by atoms with Gasteiger partial charge in [0.05, 0.1) is 25.4 Å². The number of aliphatic hydroxyl groups is 2. The zero-order chi connectivity index (χ0) is 53.6. The van der Waals surface area contributed by atoms with Crippen LogP contribution >= 0.6 is 0 Å². The molecule has 6 nitrogen and oxygen atoms in total. The van der Waals surface area contributed by atoms with Gasteiger partial charge < -0.3 is 20.3 Å². The number of ether oxygens (including phenoxy) is 1. The number of hydrogen-bond acceptors (Lipinski definition) is 5. The summed E-state index contributed by atoms with van der Waals surface area (Å²) in [5.41, 5.74) is 0. The number of nitrogens with one attached hydrogen (secondary N) is 1. The van der Waals surface area contributed by atoms with Gasteiger partial charge in [-0.1, -0.05) is 293 Å². The van der Waals surface area contributed by atoms with E-state index in [1.54, 1.807) is 6.08 Å². The second-order valence-corrected chi connectivity index (χ2v) is 22.1. The molecule has 2 unspecified atom stereocenters. The summed E-state index contributed by atoms with van der Waals surface area (Å²) >= 11 is 0. The molecule has 6 heteroatoms. The lowest BCUT2D eigenvalue weighted by molar-refractivity contribution is -0.143. The monoisotopic (exact) mass is 1040 g/mol. The molecule has 0 saturated heterocycles. The first-order chi connectivity index (χ1) is 36.5. The Hall–Kier alpha value is -2.44. The summed E-state index contributed by atoms with van der Waals surface area (Å²) in [6.07, 6.45) is 82.7. The van der Waals surface area contributed by atoms with Gasteiger partial charge in [-0.25, -0.2) is 0 Å². The first-order valence-corrected chi connectivity index (χ1v) is 32.6. The third kappa shape index (κ3) is 58.8. The van der Waals surface area contributed by atoms with Crippen molar-refractivity contribution >= 4 is 11.9 Å². The highest BCUT2D eigenvalue weighted by atomic mass is 16.5. The van der Waals surface area contributed by atoms with Crippen molar-refractivity contribution in [1.29, 1.82) is 0 Å². The summed E-state index contributed by atoms with van der Waals surface area (Å²) in [6, 6.07) is -0.634. The first-order valence-electron chi connectivity index (χ1n) is 32.6. The smallest absolute Gasteiger partial charge is 0.305 e. The molecule has 0 aliphatic carbocycles. The molecule has 0 rings (SSSR count). The maximum Gasteiger partial charge on any atom is 0.305 e. The Kier molecular flexibility index (Phi) is 61.0. The number of aliphatic hydroxyl groups excluding tert-OH is 2. The van der Waals surface area contributed by atoms with Crippen molar-refractivity contribution in [3.63, 3.8) is 0 Å². The van der Waals surface area contributed by atoms with Crippen molar-refractivity contribution in [3.8, 4) is 0 Å². The number of carbonyl (C=O) groups is 2. The van der Waals surface area contributed by atoms with Crippen LogP contribution in [0.4, 0.5) is 0 Å². The molecule has 0 spiro atoms. The van der Waals surface area contributed by atoms with Crippen molar-refractivity contribution in [2.24, 2.45) is 0 Å². The third-order valence-electron chi connectivity index (χ3n) is 14.8. The quantitative estimate of drug-likeness (QED) is 0.0320. The Bertz CT molecular complexity index is 1290. The maximum atomic E-state index is 12.5. The summed E-state index contributed by atoms with van der Waals surface area (Å²) in [4.78, 5) is 24.5. The van der Waals surface area contributed by atoms with Crippen LogP contribution in [0.15, 0.2) is 60.8 Å². The van der Waals surface area contributed by atoms with E-state index in [0.29, 0.717) is 19.4 Å². The van der Waals surface area contributed by atoms with Crippen molar-refractivity contribution in [3.05, 3.63) is 60.8 Å². The molecule has 0 radical (unpaired) electrons. The summed E-state index contributed by atoms with van der Waals surface area (Å²) in [5.74, 6) is -0.0795. The summed E-state index contributed by atoms with van der Waals surface area (Å²) < 4.78 is 5.47. The molecule has 0 aromatic heterocycles. The minimum atomic E-state index is -0.850. The zero-order valence-corrected chi connectivity index (χ0v) is 49.3. The lowest BCUT2D eigenvalue weighted by atomic mass is 10.0. The first kappa shape index (κ1) is 71.6. The highest BCUT2D eigenvalue weighted by Crippen LogP contribution is 2.17. The molecule has 0 aromatic carbocycles. The van der Waals surface area contributed by atoms with E-state index in [0.717, 1.165) is 57.8 Å². The van der Waals surface area contributed by atoms with Crippen LogP contribution in [0, 0.1) is 0 Å². The number of amides is 1. The fourth-order valence-electron chi connectivity index (χ4n) is 9.74. The van der Waals surface area contributed by atoms with Gasteiger partial charge in [0.2, 0.25) is 5.91 Å². The standard InChI is InChI=1S/C68H125NO5/c1-3-5-7-9-11-13-15-17-19-20-30-33-36-40-44-48-52-56-60-66(71)65(64-70)69-67(72)61-57-53-49-45-41-37-34-31-28-26-24-22-21-23-25-27-29-32-35-39-43-47-51-55-59-63-74-68(73)62-58-54-50-46-42-38-18-16-14-12-10-8-6-4-2/h10,12,16,18,22-25,56,60,65-66,70-71H,3-9,11,13-15,17,19-21,26-55,57-59,61-64H2,1-2H3,(H,69,72)/b12-10-,18-16-,24-22-,25-23-,60-56+. The van der Waals surface area contributed by atoms with Crippen LogP contribution in [-0.2, 0) is 14.3 Å². The van der Waals surface area contributed by atoms with Crippen LogP contribution in [0.3, 0.4) is 0 Å². The van der Waals surface area contributed by atoms with E-state index in [2.05, 4.69) is 67.8 Å². The minimum absolute atomic E-state index is 0.00653. The van der Waals surface area contributed by atoms with Gasteiger partial charge in [0.25, 0.3) is 0 Å². The summed E-state index contributed by atoms with van der Waals surface area (Å²) in [7, 11) is 0. The number of esters is 1. The second-order valence-electron chi connectivity index (χ2n) is 22.1. The maximum absolute atomic E-state index is 12.5. The van der Waals surface area contributed by atoms with Crippen molar-refractivity contribution in [2.75, 3.05) is 13.2 Å². The average Bonchev–Trinajstić information content (AvgIpc) is 3.40. The molecule has 3 N–H and O–H groups in total. The van der Waals surface area contributed by atoms with Gasteiger partial charge in [0, 0.05) is 12.8 Å². The fourth-order valence-corrected chi connectivity index (χ4v) is 9.74. The Balaban J connectivity index is 3.47. The van der Waals surface area contributed by atoms with Gasteiger partial charge in [-0.2, -0.15) is 0 Å². The van der Waals surface area contributed by atoms with Crippen LogP contribution in [0.1, 0.15) is 335 Å². The minimum Gasteiger partial charge on any atom is -0.466 e. The predicted octanol–water partition coefficient (Wildman–Crippen LogP) is 20.7. The van der Waals surface area contributed by atoms with Gasteiger partial charge in [-0.05, 0) is 89.9 Å². The molecule has 0 saturated carbocycles. The molecule has 0 heterocycles. The van der Waals surface area contributed by atoms with Crippen LogP contribution < -0.4 is 5.32 Å². The van der Waals surface area contributed by atoms with E-state index < -0.39 is 12.1 Å². The number of allylic oxidation sites excluding steroid dienone is 9. The Morgan fingerprint density at radius 2 is 0.689 bits per heavy atom. The SMILES string of the molecule is CCCC/C=C\C/C=C\CCCCCCCC(=O)OCCCCCCCCCCC/C=C\C/C=C\CCCCCCCCCCCC(=O)NC(CO)C(O)/C=C/CCCCCCCCCCCCCCCCCC. The molecule has 432 valence electrons. The summed E-state index contributed by atoms with van der Waals surface area (Å²) in [5, 5.41) is 23.2. The molecule has 2 atom stereocenters. The summed E-state index contributed by atoms with van der Waals surface area (Å²) in [6.45, 7) is 4.86. The van der Waals surface area contributed by atoms with E-state index in [9.17, 15) is 19.8 Å². The van der Waals surface area contributed by atoms with Gasteiger partial charge in [-0.3, -0.25) is 9.59 Å². The predicted molar refractivity (Wildman–Crippen MR) is 324 cm³/mol. The molecule has 0 aromatic rings. The topological polar surface area (TPSA) is 95.9 Å². The highest BCUT2D eigenvalue weighted by Gasteiger charge is 2.18. The molecule has 1 amide bonds. The van der Waals surface area contributed by atoms with Gasteiger partial charge in [0.1, 0.15) is 0 Å². The van der Waals surface area contributed by atoms with Gasteiger partial charge in [0.15, 0.2) is 0 Å². The van der Waals surface area contributed by atoms with Crippen molar-refractivity contribution in [1.82, 2.24) is 5.32 Å². The largest absolute Gasteiger partial charge is 0.466 e. The number of unbranched alkanes of at least 4 members (excludes halogenated alkanes) is 41. The third-order valence-corrected chi connectivity index (χ3v) is 14.8. The van der Waals surface area contributed by atoms with Gasteiger partial charge in [-0.15, -0.1) is 0 Å². The van der Waals surface area contributed by atoms with E-state index in [4.69, 9.17) is 4.74 Å². The average molecular weight is 1040 g/mol. The van der Waals surface area contributed by atoms with Crippen LogP contribution in [0.2, 0.25) is 0 Å². The lowest BCUT2D eigenvalue weighted by Gasteiger charge is -2.20. The lowest BCUT2D eigenvalue weighted by Crippen LogP contribution is -2.45. The Labute approximate surface area is 460 Å². The zero-order valence-electron chi connectivity index (χ0n) is 49.3. The number of carbonyl (C=O) groups excluding carboxylic acids is 2. The number of rotatable bonds is 60. The van der Waals surface area contributed by atoms with E-state index >= 15 is 0 Å². The van der Waals surface area contributed by atoms with Gasteiger partial charge >= 0.3 is 5.97 Å². The van der Waals surface area contributed by atoms with Crippen LogP contribution in [-0.4, -0.2) is 47.4 Å². The molecular weight excluding hydrogens is 911 g/mol. The molecular formula is C68H125NO5. The molecule has 0 fully saturated rings. The molecule has 0 bridgehead atoms. The van der Waals surface area contributed by atoms with Crippen LogP contribution in [0.25, 0.3) is 0 Å². The fraction of sp³-hybridized carbons (Fsp3) is 0.824. The second kappa shape index (κ2) is 63.1. The van der Waals surface area contributed by atoms with Crippen molar-refractivity contribution in [2.45, 2.75) is 347 Å². The van der Waals surface area contributed by atoms with Crippen LogP contribution in [0.5, 0.6) is 0 Å². The van der Waals surface area contributed by atoms with Crippen molar-refractivity contribution < 1.29 is 24.5 Å². The molecule has 0 aliphatic rings. The Morgan fingerprint density at radius 1 is 0.378 bits per heavy atom. The molecule has 0 aliphatic heterocycles. The van der Waals surface area contributed by atoms with E-state index in [-0.39, 0.29) is 18.5 Å². The van der Waals surface area contributed by atoms with E-state index in [1.165, 1.54) is 250 Å². The Morgan fingerprint density at radius 3 is 1.07 bits per heavy atom. The number of hydrogen-bond donors (Lipinski definition) is 3.